The number of methoxy groups -OCH3 is 2. The Balaban J connectivity index is 1.50. The quantitative estimate of drug-likeness (QED) is 0.199. The Labute approximate surface area is 255 Å². The van der Waals surface area contributed by atoms with Gasteiger partial charge in [-0.05, 0) is 67.2 Å². The van der Waals surface area contributed by atoms with Gasteiger partial charge in [0.25, 0.3) is 0 Å². The summed E-state index contributed by atoms with van der Waals surface area (Å²) in [6, 6.07) is 11.7. The number of para-hydroxylation sites is 1. The van der Waals surface area contributed by atoms with Crippen LogP contribution in [0.2, 0.25) is 0 Å². The summed E-state index contributed by atoms with van der Waals surface area (Å²) in [5.74, 6) is 1.60. The highest BCUT2D eigenvalue weighted by Gasteiger charge is 2.31. The maximum absolute atomic E-state index is 12.9. The summed E-state index contributed by atoms with van der Waals surface area (Å²) in [5, 5.41) is 11.9. The summed E-state index contributed by atoms with van der Waals surface area (Å²) in [4.78, 5) is 11.6. The van der Waals surface area contributed by atoms with Crippen LogP contribution in [-0.2, 0) is 16.3 Å². The monoisotopic (exact) mass is 653 g/mol. The largest absolute Gasteiger partial charge is 0.494 e. The SMILES string of the molecule is COc1cc(N2CCC(C)(OC)CC2)c(-c2cnn(C)c2)cc1Nc1ncc(Br)c(Nc2ccccc2P(C)(C)=O)n1. The number of rotatable bonds is 9. The Kier molecular flexibility index (Phi) is 8.64. The normalized spacial score (nSPS) is 15.0. The minimum Gasteiger partial charge on any atom is -0.494 e. The van der Waals surface area contributed by atoms with Crippen LogP contribution < -0.4 is 25.6 Å². The fraction of sp³-hybridized carbons (Fsp3) is 0.367. The lowest BCUT2D eigenvalue weighted by molar-refractivity contribution is -0.0132. The maximum Gasteiger partial charge on any atom is 0.229 e. The summed E-state index contributed by atoms with van der Waals surface area (Å²) in [6.45, 7) is 7.41. The zero-order valence-electron chi connectivity index (χ0n) is 24.8. The number of anilines is 5. The fourth-order valence-electron chi connectivity index (χ4n) is 5.13. The van der Waals surface area contributed by atoms with Crippen molar-refractivity contribution in [3.05, 3.63) is 59.5 Å². The van der Waals surface area contributed by atoms with Crippen LogP contribution in [0.5, 0.6) is 5.75 Å². The highest BCUT2D eigenvalue weighted by atomic mass is 79.9. The zero-order valence-corrected chi connectivity index (χ0v) is 27.3. The second-order valence-corrected chi connectivity index (χ2v) is 15.2. The molecule has 3 heterocycles. The number of halogens is 1. The van der Waals surface area contributed by atoms with Crippen LogP contribution >= 0.6 is 23.1 Å². The highest BCUT2D eigenvalue weighted by Crippen LogP contribution is 2.42. The van der Waals surface area contributed by atoms with E-state index in [0.29, 0.717) is 22.0 Å². The standard InChI is InChI=1S/C30H37BrN7O3P/c1-30(41-4)11-13-38(14-12-30)25-16-26(40-3)24(15-21(25)20-17-33-37(2)19-20)35-29-32-18-22(31)28(36-29)34-23-9-7-8-10-27(23)42(5,6)39/h7-10,15-19H,11-14H2,1-6H3,(H2,32,34,35,36). The number of hydrogen-bond donors (Lipinski definition) is 2. The van der Waals surface area contributed by atoms with Crippen molar-refractivity contribution in [2.45, 2.75) is 25.4 Å². The second kappa shape index (κ2) is 12.1. The van der Waals surface area contributed by atoms with E-state index in [2.05, 4.69) is 60.6 Å². The van der Waals surface area contributed by atoms with Gasteiger partial charge in [-0.25, -0.2) is 4.98 Å². The van der Waals surface area contributed by atoms with Crippen molar-refractivity contribution in [3.63, 3.8) is 0 Å². The summed E-state index contributed by atoms with van der Waals surface area (Å²) >= 11 is 3.56. The van der Waals surface area contributed by atoms with E-state index in [-0.39, 0.29) is 5.60 Å². The van der Waals surface area contributed by atoms with E-state index in [1.54, 1.807) is 38.4 Å². The smallest absolute Gasteiger partial charge is 0.229 e. The molecule has 0 aliphatic carbocycles. The number of nitrogens with one attached hydrogen (secondary N) is 2. The van der Waals surface area contributed by atoms with Crippen molar-refractivity contribution in [3.8, 4) is 16.9 Å². The molecule has 0 unspecified atom stereocenters. The lowest BCUT2D eigenvalue weighted by Gasteiger charge is -2.40. The number of hydrogen-bond acceptors (Lipinski definition) is 9. The van der Waals surface area contributed by atoms with Gasteiger partial charge in [0, 0.05) is 67.8 Å². The molecule has 0 amide bonds. The molecule has 2 N–H and O–H groups in total. The van der Waals surface area contributed by atoms with Crippen LogP contribution in [0.15, 0.2) is 59.5 Å². The molecule has 10 nitrogen and oxygen atoms in total. The lowest BCUT2D eigenvalue weighted by atomic mass is 9.92. The predicted molar refractivity (Wildman–Crippen MR) is 174 cm³/mol. The molecule has 0 radical (unpaired) electrons. The fourth-order valence-corrected chi connectivity index (χ4v) is 6.57. The molecule has 0 bridgehead atoms. The zero-order chi connectivity index (χ0) is 30.1. The van der Waals surface area contributed by atoms with Crippen LogP contribution in [0, 0.1) is 0 Å². The number of aryl methyl sites for hydroxylation is 1. The number of ether oxygens (including phenoxy) is 2. The second-order valence-electron chi connectivity index (χ2n) is 11.1. The first-order valence-corrected chi connectivity index (χ1v) is 17.1. The lowest BCUT2D eigenvalue weighted by Crippen LogP contribution is -2.43. The van der Waals surface area contributed by atoms with Crippen molar-refractivity contribution in [2.24, 2.45) is 7.05 Å². The number of aromatic nitrogens is 4. The Morgan fingerprint density at radius 3 is 2.43 bits per heavy atom. The van der Waals surface area contributed by atoms with Gasteiger partial charge >= 0.3 is 0 Å². The molecule has 1 aliphatic rings. The molecule has 0 atom stereocenters. The van der Waals surface area contributed by atoms with Crippen LogP contribution in [0.4, 0.5) is 28.8 Å². The molecule has 2 aromatic carbocycles. The van der Waals surface area contributed by atoms with E-state index >= 15 is 0 Å². The Bertz CT molecular complexity index is 1630. The van der Waals surface area contributed by atoms with Crippen molar-refractivity contribution >= 4 is 57.2 Å². The highest BCUT2D eigenvalue weighted by molar-refractivity contribution is 9.10. The van der Waals surface area contributed by atoms with Crippen molar-refractivity contribution in [2.75, 3.05) is 56.2 Å². The first-order valence-electron chi connectivity index (χ1n) is 13.7. The summed E-state index contributed by atoms with van der Waals surface area (Å²) in [5.41, 5.74) is 4.44. The maximum atomic E-state index is 12.9. The third kappa shape index (κ3) is 6.48. The Morgan fingerprint density at radius 2 is 1.79 bits per heavy atom. The summed E-state index contributed by atoms with van der Waals surface area (Å²) < 4.78 is 27.0. The molecule has 2 aromatic heterocycles. The molecule has 1 aliphatic heterocycles. The Morgan fingerprint density at radius 1 is 1.05 bits per heavy atom. The van der Waals surface area contributed by atoms with Crippen molar-refractivity contribution in [1.82, 2.24) is 19.7 Å². The van der Waals surface area contributed by atoms with Gasteiger partial charge in [-0.15, -0.1) is 0 Å². The van der Waals surface area contributed by atoms with Crippen LogP contribution in [-0.4, -0.2) is 66.0 Å². The summed E-state index contributed by atoms with van der Waals surface area (Å²) in [6.07, 6.45) is 7.41. The van der Waals surface area contributed by atoms with Gasteiger partial charge in [-0.2, -0.15) is 10.1 Å². The van der Waals surface area contributed by atoms with E-state index in [1.807, 2.05) is 43.7 Å². The minimum absolute atomic E-state index is 0.118. The predicted octanol–water partition coefficient (Wildman–Crippen LogP) is 6.39. The molecule has 1 saturated heterocycles. The third-order valence-electron chi connectivity index (χ3n) is 7.72. The molecular weight excluding hydrogens is 617 g/mol. The van der Waals surface area contributed by atoms with Gasteiger partial charge in [0.2, 0.25) is 5.95 Å². The Hall–Kier alpha value is -3.40. The first-order chi connectivity index (χ1) is 20.0. The molecule has 12 heteroatoms. The van der Waals surface area contributed by atoms with Crippen LogP contribution in [0.25, 0.3) is 11.1 Å². The van der Waals surface area contributed by atoms with Crippen molar-refractivity contribution in [1.29, 1.82) is 0 Å². The third-order valence-corrected chi connectivity index (χ3v) is 9.85. The van der Waals surface area contributed by atoms with Crippen molar-refractivity contribution < 1.29 is 14.0 Å². The van der Waals surface area contributed by atoms with Gasteiger partial charge in [0.05, 0.1) is 34.8 Å². The number of benzene rings is 2. The van der Waals surface area contributed by atoms with E-state index in [1.165, 1.54) is 0 Å². The number of piperidine rings is 1. The summed E-state index contributed by atoms with van der Waals surface area (Å²) in [7, 11) is 2.84. The first kappa shape index (κ1) is 30.1. The van der Waals surface area contributed by atoms with Gasteiger partial charge in [-0.1, -0.05) is 12.1 Å². The average Bonchev–Trinajstić information content (AvgIpc) is 3.41. The molecule has 1 fully saturated rings. The van der Waals surface area contributed by atoms with Gasteiger partial charge in [0.15, 0.2) is 0 Å². The van der Waals surface area contributed by atoms with Gasteiger partial charge in [0.1, 0.15) is 18.7 Å². The van der Waals surface area contributed by atoms with E-state index in [9.17, 15) is 4.57 Å². The van der Waals surface area contributed by atoms with Gasteiger partial charge < -0.3 is 29.6 Å². The van der Waals surface area contributed by atoms with Crippen LogP contribution in [0.1, 0.15) is 19.8 Å². The molecule has 0 spiro atoms. The van der Waals surface area contributed by atoms with E-state index in [0.717, 1.165) is 59.4 Å². The number of nitrogens with zero attached hydrogens (tertiary/aromatic N) is 5. The molecule has 0 saturated carbocycles. The molecule has 4 aromatic rings. The molecular formula is C30H37BrN7O3P. The van der Waals surface area contributed by atoms with E-state index in [4.69, 9.17) is 14.5 Å². The van der Waals surface area contributed by atoms with Gasteiger partial charge in [-0.3, -0.25) is 4.68 Å². The van der Waals surface area contributed by atoms with E-state index < -0.39 is 7.14 Å². The minimum atomic E-state index is -2.52. The average molecular weight is 655 g/mol. The molecule has 42 heavy (non-hydrogen) atoms. The topological polar surface area (TPSA) is 106 Å². The molecule has 222 valence electrons. The van der Waals surface area contributed by atoms with Crippen LogP contribution in [0.3, 0.4) is 0 Å². The molecule has 5 rings (SSSR count).